The van der Waals surface area contributed by atoms with Crippen molar-refractivity contribution in [2.24, 2.45) is 0 Å². The minimum atomic E-state index is -0.107. The first kappa shape index (κ1) is 16.9. The summed E-state index contributed by atoms with van der Waals surface area (Å²) >= 11 is 5.99. The van der Waals surface area contributed by atoms with Crippen LogP contribution in [-0.4, -0.2) is 55.2 Å². The molecule has 0 spiro atoms. The maximum atomic E-state index is 12.4. The van der Waals surface area contributed by atoms with Gasteiger partial charge in [0.25, 0.3) is 0 Å². The van der Waals surface area contributed by atoms with Crippen molar-refractivity contribution in [1.82, 2.24) is 9.80 Å². The number of carbonyl (C=O) groups is 1. The lowest BCUT2D eigenvalue weighted by molar-refractivity contribution is 0.117. The highest BCUT2D eigenvalue weighted by atomic mass is 35.5. The van der Waals surface area contributed by atoms with Gasteiger partial charge in [0.1, 0.15) is 5.75 Å². The predicted octanol–water partition coefficient (Wildman–Crippen LogP) is 3.30. The lowest BCUT2D eigenvalue weighted by atomic mass is 10.2. The second-order valence-electron chi connectivity index (χ2n) is 5.56. The molecule has 6 heteroatoms. The van der Waals surface area contributed by atoms with Gasteiger partial charge in [-0.3, -0.25) is 4.90 Å². The summed E-state index contributed by atoms with van der Waals surface area (Å²) in [6.07, 6.45) is 1.13. The molecule has 2 amide bonds. The van der Waals surface area contributed by atoms with E-state index in [1.165, 1.54) is 0 Å². The second-order valence-corrected chi connectivity index (χ2v) is 5.99. The highest BCUT2D eigenvalue weighted by Crippen LogP contribution is 2.28. The number of halogens is 1. The van der Waals surface area contributed by atoms with Crippen LogP contribution in [0, 0.1) is 0 Å². The molecule has 22 heavy (non-hydrogen) atoms. The highest BCUT2D eigenvalue weighted by Gasteiger charge is 2.23. The van der Waals surface area contributed by atoms with Crippen molar-refractivity contribution in [3.8, 4) is 5.75 Å². The SMILES string of the molecule is CCC(C)N1CCN(C(=O)Nc2cc(Cl)ccc2OC)CC1. The Kier molecular flexibility index (Phi) is 5.91. The normalized spacial score (nSPS) is 17.2. The molecule has 2 rings (SSSR count). The minimum absolute atomic E-state index is 0.107. The Morgan fingerprint density at radius 1 is 1.36 bits per heavy atom. The van der Waals surface area contributed by atoms with Crippen LogP contribution < -0.4 is 10.1 Å². The van der Waals surface area contributed by atoms with Crippen LogP contribution in [-0.2, 0) is 0 Å². The smallest absolute Gasteiger partial charge is 0.322 e. The molecule has 1 saturated heterocycles. The zero-order valence-corrected chi connectivity index (χ0v) is 14.2. The van der Waals surface area contributed by atoms with E-state index >= 15 is 0 Å². The number of nitrogens with zero attached hydrogens (tertiary/aromatic N) is 2. The Morgan fingerprint density at radius 3 is 2.64 bits per heavy atom. The van der Waals surface area contributed by atoms with E-state index in [1.54, 1.807) is 25.3 Å². The van der Waals surface area contributed by atoms with Crippen molar-refractivity contribution in [2.75, 3.05) is 38.6 Å². The molecule has 0 bridgehead atoms. The molecule has 0 saturated carbocycles. The number of rotatable bonds is 4. The van der Waals surface area contributed by atoms with Crippen molar-refractivity contribution in [3.05, 3.63) is 23.2 Å². The molecule has 1 heterocycles. The van der Waals surface area contributed by atoms with E-state index in [2.05, 4.69) is 24.1 Å². The van der Waals surface area contributed by atoms with Crippen LogP contribution in [0.3, 0.4) is 0 Å². The van der Waals surface area contributed by atoms with Crippen molar-refractivity contribution in [1.29, 1.82) is 0 Å². The Bertz CT molecular complexity index is 516. The maximum absolute atomic E-state index is 12.4. The second kappa shape index (κ2) is 7.70. The maximum Gasteiger partial charge on any atom is 0.322 e. The molecule has 0 radical (unpaired) electrons. The summed E-state index contributed by atoms with van der Waals surface area (Å²) in [7, 11) is 1.57. The lowest BCUT2D eigenvalue weighted by Gasteiger charge is -2.37. The summed E-state index contributed by atoms with van der Waals surface area (Å²) in [4.78, 5) is 16.6. The topological polar surface area (TPSA) is 44.8 Å². The Labute approximate surface area is 137 Å². The number of hydrogen-bond acceptors (Lipinski definition) is 3. The standard InChI is InChI=1S/C16H24ClN3O2/c1-4-12(2)19-7-9-20(10-8-19)16(21)18-14-11-13(17)5-6-15(14)22-3/h5-6,11-12H,4,7-10H2,1-3H3,(H,18,21). The molecule has 1 aromatic carbocycles. The fourth-order valence-electron chi connectivity index (χ4n) is 2.60. The first-order valence-corrected chi connectivity index (χ1v) is 8.06. The fourth-order valence-corrected chi connectivity index (χ4v) is 2.77. The number of methoxy groups -OCH3 is 1. The van der Waals surface area contributed by atoms with Crippen molar-refractivity contribution >= 4 is 23.3 Å². The number of carbonyl (C=O) groups excluding carboxylic acids is 1. The molecule has 122 valence electrons. The third kappa shape index (κ3) is 4.05. The molecule has 1 N–H and O–H groups in total. The largest absolute Gasteiger partial charge is 0.495 e. The Balaban J connectivity index is 1.95. The van der Waals surface area contributed by atoms with E-state index in [-0.39, 0.29) is 6.03 Å². The molecule has 1 aliphatic rings. The van der Waals surface area contributed by atoms with E-state index in [0.717, 1.165) is 32.6 Å². The van der Waals surface area contributed by atoms with Crippen LogP contribution in [0.4, 0.5) is 10.5 Å². The third-order valence-corrected chi connectivity index (χ3v) is 4.45. The van der Waals surface area contributed by atoms with Gasteiger partial charge >= 0.3 is 6.03 Å². The van der Waals surface area contributed by atoms with Gasteiger partial charge in [0.2, 0.25) is 0 Å². The third-order valence-electron chi connectivity index (χ3n) is 4.22. The molecule has 1 atom stereocenters. The quantitative estimate of drug-likeness (QED) is 0.923. The van der Waals surface area contributed by atoms with Crippen LogP contribution in [0.5, 0.6) is 5.75 Å². The first-order valence-electron chi connectivity index (χ1n) is 7.68. The lowest BCUT2D eigenvalue weighted by Crippen LogP contribution is -2.52. The van der Waals surface area contributed by atoms with E-state index in [4.69, 9.17) is 16.3 Å². The Hall–Kier alpha value is -1.46. The zero-order valence-electron chi connectivity index (χ0n) is 13.4. The molecular weight excluding hydrogens is 302 g/mol. The minimum Gasteiger partial charge on any atom is -0.495 e. The van der Waals surface area contributed by atoms with Gasteiger partial charge in [-0.15, -0.1) is 0 Å². The summed E-state index contributed by atoms with van der Waals surface area (Å²) in [6, 6.07) is 5.65. The molecular formula is C16H24ClN3O2. The van der Waals surface area contributed by atoms with Gasteiger partial charge in [-0.25, -0.2) is 4.79 Å². The van der Waals surface area contributed by atoms with Gasteiger partial charge in [0.15, 0.2) is 0 Å². The van der Waals surface area contributed by atoms with Crippen molar-refractivity contribution in [3.63, 3.8) is 0 Å². The number of nitrogens with one attached hydrogen (secondary N) is 1. The number of anilines is 1. The van der Waals surface area contributed by atoms with Crippen molar-refractivity contribution < 1.29 is 9.53 Å². The average molecular weight is 326 g/mol. The van der Waals surface area contributed by atoms with Crippen LogP contribution in [0.15, 0.2) is 18.2 Å². The number of benzene rings is 1. The molecule has 1 fully saturated rings. The zero-order chi connectivity index (χ0) is 16.1. The van der Waals surface area contributed by atoms with E-state index in [0.29, 0.717) is 22.5 Å². The average Bonchev–Trinajstić information content (AvgIpc) is 2.54. The van der Waals surface area contributed by atoms with Crippen LogP contribution >= 0.6 is 11.6 Å². The fraction of sp³-hybridized carbons (Fsp3) is 0.562. The monoisotopic (exact) mass is 325 g/mol. The molecule has 1 aliphatic heterocycles. The number of piperazine rings is 1. The highest BCUT2D eigenvalue weighted by molar-refractivity contribution is 6.31. The van der Waals surface area contributed by atoms with Gasteiger partial charge < -0.3 is 15.0 Å². The van der Waals surface area contributed by atoms with Crippen LogP contribution in [0.2, 0.25) is 5.02 Å². The summed E-state index contributed by atoms with van der Waals surface area (Å²) in [5.41, 5.74) is 0.601. The van der Waals surface area contributed by atoms with E-state index in [1.807, 2.05) is 4.90 Å². The van der Waals surface area contributed by atoms with Crippen LogP contribution in [0.25, 0.3) is 0 Å². The van der Waals surface area contributed by atoms with E-state index in [9.17, 15) is 4.79 Å². The molecule has 1 unspecified atom stereocenters. The summed E-state index contributed by atoms with van der Waals surface area (Å²) < 4.78 is 5.25. The number of ether oxygens (including phenoxy) is 1. The van der Waals surface area contributed by atoms with Crippen LogP contribution in [0.1, 0.15) is 20.3 Å². The molecule has 5 nitrogen and oxygen atoms in total. The molecule has 0 aromatic heterocycles. The summed E-state index contributed by atoms with van der Waals surface area (Å²) in [5.74, 6) is 0.607. The molecule has 0 aliphatic carbocycles. The molecule has 1 aromatic rings. The van der Waals surface area contributed by atoms with E-state index < -0.39 is 0 Å². The number of urea groups is 1. The van der Waals surface area contributed by atoms with Crippen molar-refractivity contribution in [2.45, 2.75) is 26.3 Å². The number of hydrogen-bond donors (Lipinski definition) is 1. The summed E-state index contributed by atoms with van der Waals surface area (Å²) in [6.45, 7) is 7.71. The van der Waals surface area contributed by atoms with Gasteiger partial charge in [-0.2, -0.15) is 0 Å². The number of amides is 2. The predicted molar refractivity (Wildman–Crippen MR) is 89.9 cm³/mol. The van der Waals surface area contributed by atoms with Gasteiger partial charge in [0.05, 0.1) is 12.8 Å². The van der Waals surface area contributed by atoms with Gasteiger partial charge in [0, 0.05) is 37.2 Å². The van der Waals surface area contributed by atoms with Gasteiger partial charge in [-0.05, 0) is 31.5 Å². The Morgan fingerprint density at radius 2 is 2.05 bits per heavy atom. The summed E-state index contributed by atoms with van der Waals surface area (Å²) in [5, 5.41) is 3.46. The first-order chi connectivity index (χ1) is 10.5. The van der Waals surface area contributed by atoms with Gasteiger partial charge in [-0.1, -0.05) is 18.5 Å².